The van der Waals surface area contributed by atoms with Crippen LogP contribution in [0.15, 0.2) is 48.5 Å². The largest absolute Gasteiger partial charge is 0.481 e. The number of nitrogen functional groups attached to an aromatic ring is 1. The minimum absolute atomic E-state index is 0.250. The van der Waals surface area contributed by atoms with Gasteiger partial charge in [-0.2, -0.15) is 0 Å². The first kappa shape index (κ1) is 20.7. The minimum atomic E-state index is -0.250. The number of rotatable bonds is 5. The number of anilines is 1. The van der Waals surface area contributed by atoms with Gasteiger partial charge in [0.15, 0.2) is 0 Å². The maximum absolute atomic E-state index is 9.77. The first-order valence-corrected chi connectivity index (χ1v) is 10.4. The average molecular weight is 424 g/mol. The Morgan fingerprint density at radius 1 is 1.13 bits per heavy atom. The molecule has 30 heavy (non-hydrogen) atoms. The summed E-state index contributed by atoms with van der Waals surface area (Å²) >= 11 is 6.83. The molecule has 1 aromatic heterocycles. The molecule has 4 rings (SSSR count). The van der Waals surface area contributed by atoms with Crippen molar-refractivity contribution in [2.24, 2.45) is 0 Å². The average Bonchev–Trinajstić information content (AvgIpc) is 3.15. The Morgan fingerprint density at radius 3 is 2.60 bits per heavy atom. The number of aromatic nitrogens is 1. The highest BCUT2D eigenvalue weighted by molar-refractivity contribution is 6.36. The highest BCUT2D eigenvalue weighted by Gasteiger charge is 2.22. The van der Waals surface area contributed by atoms with Crippen molar-refractivity contribution in [1.29, 1.82) is 0 Å². The van der Waals surface area contributed by atoms with Crippen molar-refractivity contribution in [3.05, 3.63) is 64.7 Å². The maximum Gasteiger partial charge on any atom is 0.218 e. The molecule has 3 N–H and O–H groups in total. The predicted octanol–water partition coefficient (Wildman–Crippen LogP) is 4.53. The number of benzene rings is 2. The van der Waals surface area contributed by atoms with Crippen LogP contribution in [-0.2, 0) is 6.54 Å². The first-order chi connectivity index (χ1) is 14.5. The molecule has 0 radical (unpaired) electrons. The summed E-state index contributed by atoms with van der Waals surface area (Å²) in [6, 6.07) is 15.8. The van der Waals surface area contributed by atoms with Gasteiger partial charge in [0, 0.05) is 42.0 Å². The van der Waals surface area contributed by atoms with E-state index in [1.54, 1.807) is 7.11 Å². The predicted molar refractivity (Wildman–Crippen MR) is 122 cm³/mol. The van der Waals surface area contributed by atoms with Crippen LogP contribution in [0.1, 0.15) is 17.5 Å². The summed E-state index contributed by atoms with van der Waals surface area (Å²) in [4.78, 5) is 6.95. The number of aliphatic hydroxyl groups is 1. The van der Waals surface area contributed by atoms with Gasteiger partial charge < -0.3 is 15.6 Å². The molecule has 2 aromatic carbocycles. The lowest BCUT2D eigenvalue weighted by atomic mass is 9.96. The summed E-state index contributed by atoms with van der Waals surface area (Å²) in [5.41, 5.74) is 12.4. The molecule has 3 aromatic rings. The summed E-state index contributed by atoms with van der Waals surface area (Å²) in [7, 11) is 1.63. The number of nitrogens with two attached hydrogens (primary N) is 1. The Hall–Kier alpha value is -2.60. The van der Waals surface area contributed by atoms with E-state index in [9.17, 15) is 5.11 Å². The number of hydrogen-bond acceptors (Lipinski definition) is 5. The van der Waals surface area contributed by atoms with E-state index in [-0.39, 0.29) is 6.10 Å². The number of methoxy groups -OCH3 is 1. The van der Waals surface area contributed by atoms with Gasteiger partial charge in [-0.3, -0.25) is 4.90 Å². The fraction of sp³-hybridized carbons (Fsp3) is 0.292. The van der Waals surface area contributed by atoms with Gasteiger partial charge in [-0.15, -0.1) is 0 Å². The number of likely N-dealkylation sites (tertiary alicyclic amines) is 1. The second kappa shape index (κ2) is 8.64. The number of halogens is 1. The Kier molecular flexibility index (Phi) is 5.95. The van der Waals surface area contributed by atoms with Crippen LogP contribution in [0.25, 0.3) is 22.4 Å². The van der Waals surface area contributed by atoms with Gasteiger partial charge in [-0.25, -0.2) is 4.98 Å². The lowest BCUT2D eigenvalue weighted by Crippen LogP contribution is -2.22. The van der Waals surface area contributed by atoms with Crippen LogP contribution in [0.4, 0.5) is 5.69 Å². The van der Waals surface area contributed by atoms with Crippen molar-refractivity contribution in [2.45, 2.75) is 26.0 Å². The van der Waals surface area contributed by atoms with Crippen LogP contribution in [0, 0.1) is 6.92 Å². The van der Waals surface area contributed by atoms with Gasteiger partial charge in [0.05, 0.1) is 23.9 Å². The third kappa shape index (κ3) is 4.01. The molecule has 0 amide bonds. The molecule has 2 heterocycles. The molecule has 156 valence electrons. The molecule has 0 bridgehead atoms. The van der Waals surface area contributed by atoms with Crippen LogP contribution in [0.3, 0.4) is 0 Å². The molecular weight excluding hydrogens is 398 g/mol. The molecule has 0 saturated carbocycles. The molecule has 0 aliphatic carbocycles. The maximum atomic E-state index is 9.77. The fourth-order valence-electron chi connectivity index (χ4n) is 4.00. The summed E-state index contributed by atoms with van der Waals surface area (Å²) < 4.78 is 5.57. The molecule has 1 aliphatic rings. The monoisotopic (exact) mass is 423 g/mol. The third-order valence-corrected chi connectivity index (χ3v) is 6.12. The van der Waals surface area contributed by atoms with Gasteiger partial charge in [0.1, 0.15) is 0 Å². The van der Waals surface area contributed by atoms with Crippen LogP contribution < -0.4 is 10.5 Å². The number of pyridine rings is 1. The van der Waals surface area contributed by atoms with E-state index in [1.165, 1.54) is 0 Å². The molecule has 1 aliphatic heterocycles. The molecule has 1 fully saturated rings. The second-order valence-corrected chi connectivity index (χ2v) is 8.11. The highest BCUT2D eigenvalue weighted by atomic mass is 35.5. The van der Waals surface area contributed by atoms with E-state index in [1.807, 2.05) is 55.5 Å². The van der Waals surface area contributed by atoms with E-state index in [0.29, 0.717) is 24.0 Å². The standard InChI is InChI=1S/C24H26ClN3O2/c1-15-18(5-4-8-21(15)26)19-6-3-7-20(23(19)25)22-10-9-16(24(27-22)30-2)13-28-12-11-17(29)14-28/h3-10,17,29H,11-14,26H2,1-2H3/t17-/m0/s1. The molecule has 6 heteroatoms. The lowest BCUT2D eigenvalue weighted by Gasteiger charge is -2.18. The van der Waals surface area contributed by atoms with Crippen molar-refractivity contribution < 1.29 is 9.84 Å². The number of hydrogen-bond donors (Lipinski definition) is 2. The van der Waals surface area contributed by atoms with Gasteiger partial charge in [0.25, 0.3) is 0 Å². The van der Waals surface area contributed by atoms with E-state index in [2.05, 4.69) is 4.90 Å². The minimum Gasteiger partial charge on any atom is -0.481 e. The van der Waals surface area contributed by atoms with Crippen molar-refractivity contribution in [3.8, 4) is 28.3 Å². The number of ether oxygens (including phenoxy) is 1. The normalized spacial score (nSPS) is 16.7. The van der Waals surface area contributed by atoms with Gasteiger partial charge in [-0.1, -0.05) is 48.0 Å². The molecule has 0 unspecified atom stereocenters. The highest BCUT2D eigenvalue weighted by Crippen LogP contribution is 2.38. The number of aliphatic hydroxyl groups excluding tert-OH is 1. The van der Waals surface area contributed by atoms with Gasteiger partial charge >= 0.3 is 0 Å². The second-order valence-electron chi connectivity index (χ2n) is 7.73. The van der Waals surface area contributed by atoms with Crippen LogP contribution in [0.2, 0.25) is 5.02 Å². The summed E-state index contributed by atoms with van der Waals surface area (Å²) in [5.74, 6) is 0.579. The Balaban J connectivity index is 1.70. The summed E-state index contributed by atoms with van der Waals surface area (Å²) in [6.45, 7) is 4.25. The topological polar surface area (TPSA) is 71.6 Å². The molecular formula is C24H26ClN3O2. The number of nitrogens with zero attached hydrogens (tertiary/aromatic N) is 2. The van der Waals surface area contributed by atoms with Crippen molar-refractivity contribution in [2.75, 3.05) is 25.9 Å². The van der Waals surface area contributed by atoms with Crippen molar-refractivity contribution in [1.82, 2.24) is 9.88 Å². The molecule has 0 spiro atoms. The number of β-amino-alcohol motifs (C(OH)–C–C–N with tert-alkyl or cyclic N) is 1. The molecule has 1 atom stereocenters. The summed E-state index contributed by atoms with van der Waals surface area (Å²) in [6.07, 6.45) is 0.555. The Labute approximate surface area is 182 Å². The van der Waals surface area contributed by atoms with Crippen molar-refractivity contribution >= 4 is 17.3 Å². The molecule has 1 saturated heterocycles. The van der Waals surface area contributed by atoms with Crippen molar-refractivity contribution in [3.63, 3.8) is 0 Å². The van der Waals surface area contributed by atoms with E-state index < -0.39 is 0 Å². The van der Waals surface area contributed by atoms with Gasteiger partial charge in [-0.05, 0) is 36.6 Å². The quantitative estimate of drug-likeness (QED) is 0.589. The molecule has 5 nitrogen and oxygen atoms in total. The summed E-state index contributed by atoms with van der Waals surface area (Å²) in [5, 5.41) is 10.4. The SMILES string of the molecule is COc1nc(-c2cccc(-c3cccc(N)c3C)c2Cl)ccc1CN1CC[C@H](O)C1. The Bertz CT molecular complexity index is 1070. The zero-order chi connectivity index (χ0) is 21.3. The van der Waals surface area contributed by atoms with Crippen LogP contribution >= 0.6 is 11.6 Å². The smallest absolute Gasteiger partial charge is 0.218 e. The van der Waals surface area contributed by atoms with E-state index in [4.69, 9.17) is 27.1 Å². The van der Waals surface area contributed by atoms with E-state index >= 15 is 0 Å². The van der Waals surface area contributed by atoms with Crippen LogP contribution in [-0.4, -0.2) is 41.3 Å². The van der Waals surface area contributed by atoms with Crippen LogP contribution in [0.5, 0.6) is 5.88 Å². The first-order valence-electron chi connectivity index (χ1n) is 10.1. The Morgan fingerprint density at radius 2 is 1.87 bits per heavy atom. The van der Waals surface area contributed by atoms with Gasteiger partial charge in [0.2, 0.25) is 5.88 Å². The lowest BCUT2D eigenvalue weighted by molar-refractivity contribution is 0.174. The van der Waals surface area contributed by atoms with E-state index in [0.717, 1.165) is 52.2 Å². The fourth-order valence-corrected chi connectivity index (χ4v) is 4.32. The zero-order valence-corrected chi connectivity index (χ0v) is 18.0. The zero-order valence-electron chi connectivity index (χ0n) is 17.2. The third-order valence-electron chi connectivity index (χ3n) is 5.71.